The molecule has 0 atom stereocenters. The second-order valence-electron chi connectivity index (χ2n) is 6.84. The third-order valence-electron chi connectivity index (χ3n) is 4.58. The summed E-state index contributed by atoms with van der Waals surface area (Å²) >= 11 is 5.92. The first-order chi connectivity index (χ1) is 15.0. The van der Waals surface area contributed by atoms with E-state index >= 15 is 0 Å². The minimum atomic E-state index is -0.390. The fraction of sp³-hybridized carbons (Fsp3) is 0.167. The van der Waals surface area contributed by atoms with Crippen molar-refractivity contribution in [3.8, 4) is 16.9 Å². The summed E-state index contributed by atoms with van der Waals surface area (Å²) in [6.07, 6.45) is 0.214. The van der Waals surface area contributed by atoms with Crippen molar-refractivity contribution in [2.24, 2.45) is 0 Å². The van der Waals surface area contributed by atoms with Crippen molar-refractivity contribution in [3.05, 3.63) is 88.7 Å². The van der Waals surface area contributed by atoms with E-state index in [2.05, 4.69) is 10.6 Å². The smallest absolute Gasteiger partial charge is 0.251 e. The Morgan fingerprint density at radius 3 is 2.52 bits per heavy atom. The van der Waals surface area contributed by atoms with Crippen LogP contribution in [0.5, 0.6) is 5.75 Å². The molecule has 5 nitrogen and oxygen atoms in total. The molecule has 3 aromatic carbocycles. The van der Waals surface area contributed by atoms with Gasteiger partial charge in [0.15, 0.2) is 0 Å². The van der Waals surface area contributed by atoms with Crippen molar-refractivity contribution in [2.45, 2.75) is 6.42 Å². The standard InChI is InChI=1S/C24H22ClFN2O3/c1-31-22-9-8-20(26)15-21(22)17-5-3-6-18(14-17)24(30)28-11-10-27-23(29)13-16-4-2-7-19(25)12-16/h2-9,12,14-15H,10-11,13H2,1H3,(H,27,29)(H,28,30). The summed E-state index contributed by atoms with van der Waals surface area (Å²) in [6.45, 7) is 0.566. The summed E-state index contributed by atoms with van der Waals surface area (Å²) in [5.41, 5.74) is 2.47. The maximum atomic E-state index is 13.7. The van der Waals surface area contributed by atoms with Gasteiger partial charge in [0.25, 0.3) is 5.91 Å². The van der Waals surface area contributed by atoms with Crippen LogP contribution in [0.3, 0.4) is 0 Å². The van der Waals surface area contributed by atoms with Crippen LogP contribution < -0.4 is 15.4 Å². The van der Waals surface area contributed by atoms with E-state index in [1.165, 1.54) is 19.2 Å². The summed E-state index contributed by atoms with van der Waals surface area (Å²) in [5.74, 6) is -0.321. The number of carbonyl (C=O) groups excluding carboxylic acids is 2. The average molecular weight is 441 g/mol. The van der Waals surface area contributed by atoms with Gasteiger partial charge in [0.1, 0.15) is 11.6 Å². The van der Waals surface area contributed by atoms with E-state index in [4.69, 9.17) is 16.3 Å². The van der Waals surface area contributed by atoms with Crippen molar-refractivity contribution in [1.82, 2.24) is 10.6 Å². The van der Waals surface area contributed by atoms with Crippen molar-refractivity contribution in [1.29, 1.82) is 0 Å². The summed E-state index contributed by atoms with van der Waals surface area (Å²) in [6, 6.07) is 18.2. The molecule has 2 N–H and O–H groups in total. The fourth-order valence-electron chi connectivity index (χ4n) is 3.11. The number of rotatable bonds is 8. The Balaban J connectivity index is 1.54. The van der Waals surface area contributed by atoms with Gasteiger partial charge >= 0.3 is 0 Å². The van der Waals surface area contributed by atoms with E-state index in [0.717, 1.165) is 5.56 Å². The van der Waals surface area contributed by atoms with Crippen LogP contribution in [0.2, 0.25) is 5.02 Å². The summed E-state index contributed by atoms with van der Waals surface area (Å²) in [5, 5.41) is 6.11. The molecule has 160 valence electrons. The van der Waals surface area contributed by atoms with Gasteiger partial charge in [-0.2, -0.15) is 0 Å². The molecule has 2 amide bonds. The minimum absolute atomic E-state index is 0.156. The number of halogens is 2. The zero-order valence-corrected chi connectivity index (χ0v) is 17.7. The van der Waals surface area contributed by atoms with Crippen LogP contribution in [0.4, 0.5) is 4.39 Å². The quantitative estimate of drug-likeness (QED) is 0.515. The second kappa shape index (κ2) is 10.6. The average Bonchev–Trinajstić information content (AvgIpc) is 2.76. The Hall–Kier alpha value is -3.38. The molecular formula is C24H22ClFN2O3. The highest BCUT2D eigenvalue weighted by atomic mass is 35.5. The molecule has 0 aromatic heterocycles. The van der Waals surface area contributed by atoms with Crippen LogP contribution >= 0.6 is 11.6 Å². The first-order valence-corrected chi connectivity index (χ1v) is 10.1. The van der Waals surface area contributed by atoms with Crippen molar-refractivity contribution in [2.75, 3.05) is 20.2 Å². The van der Waals surface area contributed by atoms with Gasteiger partial charge in [-0.25, -0.2) is 4.39 Å². The Morgan fingerprint density at radius 1 is 0.968 bits per heavy atom. The molecule has 0 saturated heterocycles. The highest BCUT2D eigenvalue weighted by molar-refractivity contribution is 6.30. The molecule has 3 aromatic rings. The fourth-order valence-corrected chi connectivity index (χ4v) is 3.32. The first-order valence-electron chi connectivity index (χ1n) is 9.69. The molecule has 0 aliphatic rings. The topological polar surface area (TPSA) is 67.4 Å². The molecule has 0 aliphatic heterocycles. The molecule has 0 fully saturated rings. The van der Waals surface area contributed by atoms with Crippen molar-refractivity contribution >= 4 is 23.4 Å². The number of ether oxygens (including phenoxy) is 1. The summed E-state index contributed by atoms with van der Waals surface area (Å²) in [7, 11) is 1.51. The highest BCUT2D eigenvalue weighted by Gasteiger charge is 2.11. The molecule has 0 spiro atoms. The number of amides is 2. The van der Waals surface area contributed by atoms with E-state index in [0.29, 0.717) is 34.0 Å². The van der Waals surface area contributed by atoms with Gasteiger partial charge in [-0.05, 0) is 53.6 Å². The third-order valence-corrected chi connectivity index (χ3v) is 4.82. The lowest BCUT2D eigenvalue weighted by atomic mass is 10.0. The normalized spacial score (nSPS) is 10.4. The van der Waals surface area contributed by atoms with Gasteiger partial charge in [-0.3, -0.25) is 9.59 Å². The molecule has 0 saturated carbocycles. The number of hydrogen-bond acceptors (Lipinski definition) is 3. The molecule has 0 bridgehead atoms. The predicted molar refractivity (Wildman–Crippen MR) is 119 cm³/mol. The molecule has 31 heavy (non-hydrogen) atoms. The Bertz CT molecular complexity index is 1090. The van der Waals surface area contributed by atoms with Crippen LogP contribution in [-0.4, -0.2) is 32.0 Å². The Kier molecular flexibility index (Phi) is 7.62. The van der Waals surface area contributed by atoms with E-state index in [9.17, 15) is 14.0 Å². The van der Waals surface area contributed by atoms with Gasteiger partial charge in [-0.1, -0.05) is 35.9 Å². The highest BCUT2D eigenvalue weighted by Crippen LogP contribution is 2.31. The number of carbonyl (C=O) groups is 2. The molecule has 0 aliphatic carbocycles. The van der Waals surface area contributed by atoms with Crippen molar-refractivity contribution in [3.63, 3.8) is 0 Å². The molecule has 0 heterocycles. The van der Waals surface area contributed by atoms with Crippen LogP contribution in [0.15, 0.2) is 66.7 Å². The lowest BCUT2D eigenvalue weighted by molar-refractivity contribution is -0.120. The minimum Gasteiger partial charge on any atom is -0.496 e. The third kappa shape index (κ3) is 6.30. The predicted octanol–water partition coefficient (Wildman–Crippen LogP) is 4.24. The second-order valence-corrected chi connectivity index (χ2v) is 7.27. The molecule has 7 heteroatoms. The Labute approximate surface area is 185 Å². The van der Waals surface area contributed by atoms with E-state index in [-0.39, 0.29) is 30.6 Å². The Morgan fingerprint density at radius 2 is 1.74 bits per heavy atom. The zero-order chi connectivity index (χ0) is 22.2. The van der Waals surface area contributed by atoms with Crippen molar-refractivity contribution < 1.29 is 18.7 Å². The zero-order valence-electron chi connectivity index (χ0n) is 17.0. The molecule has 0 radical (unpaired) electrons. The number of benzene rings is 3. The van der Waals surface area contributed by atoms with E-state index in [1.54, 1.807) is 48.5 Å². The number of hydrogen-bond donors (Lipinski definition) is 2. The van der Waals surface area contributed by atoms with Crippen LogP contribution in [-0.2, 0) is 11.2 Å². The van der Waals surface area contributed by atoms with Gasteiger partial charge < -0.3 is 15.4 Å². The molecule has 3 rings (SSSR count). The SMILES string of the molecule is COc1ccc(F)cc1-c1cccc(C(=O)NCCNC(=O)Cc2cccc(Cl)c2)c1. The van der Waals surface area contributed by atoms with E-state index < -0.39 is 0 Å². The maximum absolute atomic E-state index is 13.7. The summed E-state index contributed by atoms with van der Waals surface area (Å²) in [4.78, 5) is 24.5. The van der Waals surface area contributed by atoms with Gasteiger partial charge in [0, 0.05) is 29.2 Å². The van der Waals surface area contributed by atoms with Crippen LogP contribution in [0, 0.1) is 5.82 Å². The van der Waals surface area contributed by atoms with Crippen LogP contribution in [0.1, 0.15) is 15.9 Å². The largest absolute Gasteiger partial charge is 0.496 e. The van der Waals surface area contributed by atoms with Crippen LogP contribution in [0.25, 0.3) is 11.1 Å². The lowest BCUT2D eigenvalue weighted by Gasteiger charge is -2.11. The maximum Gasteiger partial charge on any atom is 0.251 e. The van der Waals surface area contributed by atoms with Gasteiger partial charge in [-0.15, -0.1) is 0 Å². The molecular weight excluding hydrogens is 419 g/mol. The van der Waals surface area contributed by atoms with Gasteiger partial charge in [0.05, 0.1) is 13.5 Å². The van der Waals surface area contributed by atoms with E-state index in [1.807, 2.05) is 6.07 Å². The first kappa shape index (κ1) is 22.3. The number of methoxy groups -OCH3 is 1. The van der Waals surface area contributed by atoms with Gasteiger partial charge in [0.2, 0.25) is 5.91 Å². The monoisotopic (exact) mass is 440 g/mol. The number of nitrogens with one attached hydrogen (secondary N) is 2. The summed E-state index contributed by atoms with van der Waals surface area (Å²) < 4.78 is 19.0. The lowest BCUT2D eigenvalue weighted by Crippen LogP contribution is -2.35. The molecule has 0 unspecified atom stereocenters.